The minimum absolute atomic E-state index is 0.0379. The summed E-state index contributed by atoms with van der Waals surface area (Å²) in [5.74, 6) is -0.0768. The highest BCUT2D eigenvalue weighted by Crippen LogP contribution is 2.40. The van der Waals surface area contributed by atoms with E-state index in [1.165, 1.54) is 4.31 Å². The van der Waals surface area contributed by atoms with Gasteiger partial charge in [-0.25, -0.2) is 8.42 Å². The number of piperidine rings is 1. The van der Waals surface area contributed by atoms with E-state index < -0.39 is 10.0 Å². The minimum atomic E-state index is -3.67. The second-order valence-electron chi connectivity index (χ2n) is 9.50. The van der Waals surface area contributed by atoms with Gasteiger partial charge in [0.15, 0.2) is 0 Å². The minimum Gasteiger partial charge on any atom is -0.326 e. The summed E-state index contributed by atoms with van der Waals surface area (Å²) >= 11 is 5.89. The van der Waals surface area contributed by atoms with E-state index in [2.05, 4.69) is 5.32 Å². The molecule has 34 heavy (non-hydrogen) atoms. The van der Waals surface area contributed by atoms with Crippen molar-refractivity contribution in [3.05, 3.63) is 53.1 Å². The Morgan fingerprint density at radius 2 is 1.65 bits per heavy atom. The normalized spacial score (nSPS) is 21.4. The molecule has 0 bridgehead atoms. The van der Waals surface area contributed by atoms with Crippen LogP contribution in [0.15, 0.2) is 47.4 Å². The SMILES string of the molecule is C[C@H]1Cc2cc(S(=O)(=O)N3CCC(C(=O)Nc4ccc(Cl)cc4)CC3)ccc2N1C(=O)C1CC1. The fourth-order valence-corrected chi connectivity index (χ4v) is 6.56. The second-order valence-corrected chi connectivity index (χ2v) is 11.9. The van der Waals surface area contributed by atoms with Crippen LogP contribution in [0.2, 0.25) is 5.02 Å². The molecular formula is C25H28ClN3O4S. The van der Waals surface area contributed by atoms with Gasteiger partial charge >= 0.3 is 0 Å². The first-order valence-electron chi connectivity index (χ1n) is 11.8. The van der Waals surface area contributed by atoms with Crippen LogP contribution in [0.3, 0.4) is 0 Å². The van der Waals surface area contributed by atoms with Gasteiger partial charge in [-0.15, -0.1) is 0 Å². The zero-order valence-electron chi connectivity index (χ0n) is 19.0. The molecule has 2 aromatic rings. The van der Waals surface area contributed by atoms with Gasteiger partial charge in [-0.1, -0.05) is 11.6 Å². The van der Waals surface area contributed by atoms with Crippen molar-refractivity contribution in [2.45, 2.75) is 50.0 Å². The van der Waals surface area contributed by atoms with E-state index >= 15 is 0 Å². The highest BCUT2D eigenvalue weighted by Gasteiger charge is 2.40. The molecule has 2 amide bonds. The van der Waals surface area contributed by atoms with Crippen LogP contribution in [0.1, 0.15) is 38.2 Å². The van der Waals surface area contributed by atoms with Gasteiger partial charge < -0.3 is 10.2 Å². The van der Waals surface area contributed by atoms with Gasteiger partial charge in [0.1, 0.15) is 0 Å². The Morgan fingerprint density at radius 1 is 0.971 bits per heavy atom. The fourth-order valence-electron chi connectivity index (χ4n) is 4.92. The van der Waals surface area contributed by atoms with Gasteiger partial charge in [0.05, 0.1) is 4.90 Å². The van der Waals surface area contributed by atoms with Crippen molar-refractivity contribution in [1.82, 2.24) is 4.31 Å². The molecule has 9 heteroatoms. The summed E-state index contributed by atoms with van der Waals surface area (Å²) in [7, 11) is -3.67. The number of benzene rings is 2. The maximum absolute atomic E-state index is 13.3. The predicted molar refractivity (Wildman–Crippen MR) is 131 cm³/mol. The highest BCUT2D eigenvalue weighted by atomic mass is 35.5. The summed E-state index contributed by atoms with van der Waals surface area (Å²) < 4.78 is 28.1. The molecule has 180 valence electrons. The summed E-state index contributed by atoms with van der Waals surface area (Å²) in [6, 6.07) is 12.1. The monoisotopic (exact) mass is 501 g/mol. The van der Waals surface area contributed by atoms with Crippen molar-refractivity contribution in [2.24, 2.45) is 11.8 Å². The van der Waals surface area contributed by atoms with Crippen molar-refractivity contribution in [2.75, 3.05) is 23.3 Å². The molecule has 2 aromatic carbocycles. The zero-order valence-corrected chi connectivity index (χ0v) is 20.6. The van der Waals surface area contributed by atoms with Gasteiger partial charge in [0.2, 0.25) is 21.8 Å². The predicted octanol–water partition coefficient (Wildman–Crippen LogP) is 4.07. The number of carbonyl (C=O) groups excluding carboxylic acids is 2. The molecule has 1 N–H and O–H groups in total. The lowest BCUT2D eigenvalue weighted by atomic mass is 9.97. The molecule has 1 atom stereocenters. The molecule has 1 saturated heterocycles. The average molecular weight is 502 g/mol. The second kappa shape index (κ2) is 8.98. The quantitative estimate of drug-likeness (QED) is 0.669. The smallest absolute Gasteiger partial charge is 0.243 e. The Bertz CT molecular complexity index is 1220. The number of halogens is 1. The van der Waals surface area contributed by atoms with Gasteiger partial charge in [0, 0.05) is 47.4 Å². The van der Waals surface area contributed by atoms with Crippen LogP contribution in [0.5, 0.6) is 0 Å². The number of carbonyl (C=O) groups is 2. The molecule has 2 fully saturated rings. The maximum atomic E-state index is 13.3. The lowest BCUT2D eigenvalue weighted by molar-refractivity contribution is -0.121. The summed E-state index contributed by atoms with van der Waals surface area (Å²) in [5.41, 5.74) is 2.41. The number of nitrogens with zero attached hydrogens (tertiary/aromatic N) is 2. The molecule has 2 aliphatic heterocycles. The summed E-state index contributed by atoms with van der Waals surface area (Å²) in [6.45, 7) is 2.59. The van der Waals surface area contributed by atoms with Crippen molar-refractivity contribution in [3.8, 4) is 0 Å². The lowest BCUT2D eigenvalue weighted by Crippen LogP contribution is -2.41. The van der Waals surface area contributed by atoms with E-state index in [-0.39, 0.29) is 34.6 Å². The average Bonchev–Trinajstić information content (AvgIpc) is 3.62. The fraction of sp³-hybridized carbons (Fsp3) is 0.440. The maximum Gasteiger partial charge on any atom is 0.243 e. The first-order chi connectivity index (χ1) is 16.2. The first kappa shape index (κ1) is 23.3. The Labute approximate surface area is 205 Å². The molecule has 5 rings (SSSR count). The third-order valence-corrected chi connectivity index (χ3v) is 9.15. The molecule has 0 aromatic heterocycles. The molecule has 1 aliphatic carbocycles. The van der Waals surface area contributed by atoms with Crippen LogP contribution >= 0.6 is 11.6 Å². The van der Waals surface area contributed by atoms with Crippen LogP contribution in [0.4, 0.5) is 11.4 Å². The first-order valence-corrected chi connectivity index (χ1v) is 13.6. The lowest BCUT2D eigenvalue weighted by Gasteiger charge is -2.30. The van der Waals surface area contributed by atoms with Crippen LogP contribution in [-0.4, -0.2) is 43.7 Å². The van der Waals surface area contributed by atoms with Crippen LogP contribution in [0, 0.1) is 11.8 Å². The third-order valence-electron chi connectivity index (χ3n) is 7.00. The number of amides is 2. The molecular weight excluding hydrogens is 474 g/mol. The Morgan fingerprint density at radius 3 is 2.29 bits per heavy atom. The molecule has 1 saturated carbocycles. The molecule has 0 unspecified atom stereocenters. The number of sulfonamides is 1. The number of nitrogens with one attached hydrogen (secondary N) is 1. The van der Waals surface area contributed by atoms with E-state index in [0.29, 0.717) is 43.1 Å². The molecule has 2 heterocycles. The van der Waals surface area contributed by atoms with Gasteiger partial charge in [-0.2, -0.15) is 4.31 Å². The molecule has 0 spiro atoms. The van der Waals surface area contributed by atoms with Crippen LogP contribution < -0.4 is 10.2 Å². The topological polar surface area (TPSA) is 86.8 Å². The van der Waals surface area contributed by atoms with Crippen molar-refractivity contribution < 1.29 is 18.0 Å². The van der Waals surface area contributed by atoms with Crippen molar-refractivity contribution in [1.29, 1.82) is 0 Å². The highest BCUT2D eigenvalue weighted by molar-refractivity contribution is 7.89. The molecule has 7 nitrogen and oxygen atoms in total. The largest absolute Gasteiger partial charge is 0.326 e. The van der Waals surface area contributed by atoms with E-state index in [9.17, 15) is 18.0 Å². The van der Waals surface area contributed by atoms with Gasteiger partial charge in [0.25, 0.3) is 0 Å². The van der Waals surface area contributed by atoms with E-state index in [4.69, 9.17) is 11.6 Å². The number of fused-ring (bicyclic) bond motifs is 1. The third kappa shape index (κ3) is 4.46. The van der Waals surface area contributed by atoms with E-state index in [0.717, 1.165) is 24.1 Å². The number of hydrogen-bond acceptors (Lipinski definition) is 4. The summed E-state index contributed by atoms with van der Waals surface area (Å²) in [4.78, 5) is 27.4. The Hall–Kier alpha value is -2.42. The van der Waals surface area contributed by atoms with E-state index in [1.54, 1.807) is 42.5 Å². The van der Waals surface area contributed by atoms with Gasteiger partial charge in [-0.3, -0.25) is 9.59 Å². The zero-order chi connectivity index (χ0) is 24.0. The Balaban J connectivity index is 1.24. The standard InChI is InChI=1S/C25H28ClN3O4S/c1-16-14-19-15-22(8-9-23(19)29(16)25(31)18-2-3-18)34(32,33)28-12-10-17(11-13-28)24(30)27-21-6-4-20(26)5-7-21/h4-9,15-18H,2-3,10-14H2,1H3,(H,27,30)/t16-/m0/s1. The number of hydrogen-bond donors (Lipinski definition) is 1. The Kier molecular flexibility index (Phi) is 6.16. The summed E-state index contributed by atoms with van der Waals surface area (Å²) in [6.07, 6.45) is 3.47. The van der Waals surface area contributed by atoms with Gasteiger partial charge in [-0.05, 0) is 87.1 Å². The summed E-state index contributed by atoms with van der Waals surface area (Å²) in [5, 5.41) is 3.48. The van der Waals surface area contributed by atoms with E-state index in [1.807, 2.05) is 11.8 Å². The molecule has 0 radical (unpaired) electrons. The van der Waals surface area contributed by atoms with Crippen molar-refractivity contribution in [3.63, 3.8) is 0 Å². The number of anilines is 2. The number of rotatable bonds is 5. The van der Waals surface area contributed by atoms with Crippen molar-refractivity contribution >= 4 is 44.8 Å². The van der Waals surface area contributed by atoms with Crippen LogP contribution in [0.25, 0.3) is 0 Å². The van der Waals surface area contributed by atoms with Crippen LogP contribution in [-0.2, 0) is 26.0 Å². The molecule has 3 aliphatic rings.